The van der Waals surface area contributed by atoms with Crippen LogP contribution in [0.5, 0.6) is 0 Å². The summed E-state index contributed by atoms with van der Waals surface area (Å²) >= 11 is 0. The van der Waals surface area contributed by atoms with E-state index in [4.69, 9.17) is 0 Å². The molecule has 0 heterocycles. The lowest BCUT2D eigenvalue weighted by molar-refractivity contribution is -0.149. The van der Waals surface area contributed by atoms with E-state index >= 15 is 0 Å². The summed E-state index contributed by atoms with van der Waals surface area (Å²) < 4.78 is 0. The lowest BCUT2D eigenvalue weighted by atomic mass is 9.76. The normalized spacial score (nSPS) is 31.5. The van der Waals surface area contributed by atoms with Crippen molar-refractivity contribution in [2.45, 2.75) is 78.2 Å². The van der Waals surface area contributed by atoms with Crippen molar-refractivity contribution in [1.29, 1.82) is 0 Å². The zero-order chi connectivity index (χ0) is 15.7. The van der Waals surface area contributed by atoms with Crippen molar-refractivity contribution in [2.75, 3.05) is 0 Å². The van der Waals surface area contributed by atoms with E-state index in [1.54, 1.807) is 6.92 Å². The molecule has 2 rings (SSSR count). The highest BCUT2D eigenvalue weighted by Crippen LogP contribution is 2.45. The van der Waals surface area contributed by atoms with E-state index in [1.165, 1.54) is 0 Å². The lowest BCUT2D eigenvalue weighted by Gasteiger charge is -2.34. The minimum atomic E-state index is -0.798. The molecule has 120 valence electrons. The first kappa shape index (κ1) is 16.3. The van der Waals surface area contributed by atoms with Crippen molar-refractivity contribution >= 4 is 11.9 Å². The summed E-state index contributed by atoms with van der Waals surface area (Å²) in [5, 5.41) is 12.6. The van der Waals surface area contributed by atoms with E-state index in [9.17, 15) is 14.7 Å². The lowest BCUT2D eigenvalue weighted by Crippen LogP contribution is -2.51. The molecule has 2 fully saturated rings. The van der Waals surface area contributed by atoms with Crippen molar-refractivity contribution in [2.24, 2.45) is 16.7 Å². The first-order valence-electron chi connectivity index (χ1n) is 8.34. The predicted octanol–water partition coefficient (Wildman–Crippen LogP) is 3.35. The highest BCUT2D eigenvalue weighted by Gasteiger charge is 2.49. The fraction of sp³-hybridized carbons (Fsp3) is 0.882. The highest BCUT2D eigenvalue weighted by atomic mass is 16.4. The van der Waals surface area contributed by atoms with Crippen LogP contribution >= 0.6 is 0 Å². The maximum absolute atomic E-state index is 12.9. The Morgan fingerprint density at radius 1 is 1.19 bits per heavy atom. The Morgan fingerprint density at radius 2 is 1.81 bits per heavy atom. The number of carbonyl (C=O) groups excluding carboxylic acids is 1. The molecular formula is C17H29NO3. The quantitative estimate of drug-likeness (QED) is 0.817. The van der Waals surface area contributed by atoms with Crippen LogP contribution in [0.1, 0.15) is 72.1 Å². The molecule has 0 radical (unpaired) electrons. The Labute approximate surface area is 127 Å². The summed E-state index contributed by atoms with van der Waals surface area (Å²) in [5.74, 6) is -0.189. The summed E-state index contributed by atoms with van der Waals surface area (Å²) in [6.07, 6.45) is 7.36. The maximum atomic E-state index is 12.9. The van der Waals surface area contributed by atoms with Crippen molar-refractivity contribution < 1.29 is 14.7 Å². The van der Waals surface area contributed by atoms with Crippen LogP contribution in [0.25, 0.3) is 0 Å². The Hall–Kier alpha value is -1.06. The summed E-state index contributed by atoms with van der Waals surface area (Å²) in [6, 6.07) is -0.216. The second kappa shape index (κ2) is 5.98. The molecule has 2 saturated carbocycles. The number of amides is 1. The molecule has 0 aromatic heterocycles. The second-order valence-corrected chi connectivity index (χ2v) is 7.73. The van der Waals surface area contributed by atoms with Gasteiger partial charge in [-0.3, -0.25) is 9.59 Å². The van der Waals surface area contributed by atoms with Gasteiger partial charge in [0.2, 0.25) is 5.91 Å². The van der Waals surface area contributed by atoms with Crippen LogP contribution in [0.3, 0.4) is 0 Å². The number of carboxylic acid groups (broad SMARTS) is 1. The van der Waals surface area contributed by atoms with E-state index in [0.717, 1.165) is 44.9 Å². The van der Waals surface area contributed by atoms with Gasteiger partial charge in [-0.25, -0.2) is 0 Å². The fourth-order valence-electron chi connectivity index (χ4n) is 4.32. The molecule has 0 saturated heterocycles. The van der Waals surface area contributed by atoms with Gasteiger partial charge in [0.25, 0.3) is 0 Å². The monoisotopic (exact) mass is 295 g/mol. The van der Waals surface area contributed by atoms with Crippen LogP contribution in [0, 0.1) is 16.7 Å². The molecule has 2 unspecified atom stereocenters. The van der Waals surface area contributed by atoms with Gasteiger partial charge >= 0.3 is 5.97 Å². The summed E-state index contributed by atoms with van der Waals surface area (Å²) in [7, 11) is 0. The third-order valence-electron chi connectivity index (χ3n) is 5.59. The third kappa shape index (κ3) is 3.09. The highest BCUT2D eigenvalue weighted by molar-refractivity contribution is 5.84. The Kier molecular flexibility index (Phi) is 4.64. The van der Waals surface area contributed by atoms with Crippen LogP contribution in [-0.4, -0.2) is 23.0 Å². The van der Waals surface area contributed by atoms with E-state index in [1.807, 2.05) is 0 Å². The molecule has 2 aliphatic carbocycles. The van der Waals surface area contributed by atoms with Crippen LogP contribution in [-0.2, 0) is 9.59 Å². The van der Waals surface area contributed by atoms with Crippen molar-refractivity contribution in [1.82, 2.24) is 5.32 Å². The van der Waals surface area contributed by atoms with E-state index in [0.29, 0.717) is 12.3 Å². The third-order valence-corrected chi connectivity index (χ3v) is 5.59. The van der Waals surface area contributed by atoms with E-state index < -0.39 is 11.4 Å². The van der Waals surface area contributed by atoms with E-state index in [-0.39, 0.29) is 17.4 Å². The molecule has 0 spiro atoms. The largest absolute Gasteiger partial charge is 0.481 e. The first-order chi connectivity index (χ1) is 9.80. The Bertz CT molecular complexity index is 412. The minimum absolute atomic E-state index is 0.105. The van der Waals surface area contributed by atoms with Gasteiger partial charge in [0, 0.05) is 11.5 Å². The molecule has 0 aromatic rings. The number of nitrogens with one attached hydrogen (secondary N) is 1. The first-order valence-corrected chi connectivity index (χ1v) is 8.34. The maximum Gasteiger partial charge on any atom is 0.311 e. The van der Waals surface area contributed by atoms with Gasteiger partial charge in [-0.2, -0.15) is 0 Å². The van der Waals surface area contributed by atoms with Crippen LogP contribution in [0.2, 0.25) is 0 Å². The summed E-state index contributed by atoms with van der Waals surface area (Å²) in [5.41, 5.74) is -1.05. The summed E-state index contributed by atoms with van der Waals surface area (Å²) in [6.45, 7) is 6.09. The molecule has 0 bridgehead atoms. The van der Waals surface area contributed by atoms with Gasteiger partial charge in [-0.05, 0) is 44.9 Å². The zero-order valence-electron chi connectivity index (χ0n) is 13.6. The fourth-order valence-corrected chi connectivity index (χ4v) is 4.32. The molecule has 1 amide bonds. The molecule has 2 N–H and O–H groups in total. The number of carboxylic acids is 1. The number of hydrogen-bond donors (Lipinski definition) is 2. The van der Waals surface area contributed by atoms with Gasteiger partial charge in [-0.1, -0.05) is 33.1 Å². The predicted molar refractivity (Wildman–Crippen MR) is 81.9 cm³/mol. The van der Waals surface area contributed by atoms with Gasteiger partial charge in [-0.15, -0.1) is 0 Å². The molecule has 2 aliphatic rings. The van der Waals surface area contributed by atoms with Crippen LogP contribution in [0.15, 0.2) is 0 Å². The van der Waals surface area contributed by atoms with Crippen molar-refractivity contribution in [3.8, 4) is 0 Å². The molecule has 2 atom stereocenters. The average molecular weight is 295 g/mol. The topological polar surface area (TPSA) is 66.4 Å². The standard InChI is InChI=1S/C17H29NO3/c1-12(2)11-17(9-4-5-10-17)14(19)18-13-7-6-8-16(13,3)15(20)21/h12-13H,4-11H2,1-3H3,(H,18,19)(H,20,21). The second-order valence-electron chi connectivity index (χ2n) is 7.73. The molecular weight excluding hydrogens is 266 g/mol. The Morgan fingerprint density at radius 3 is 2.33 bits per heavy atom. The van der Waals surface area contributed by atoms with Crippen LogP contribution in [0.4, 0.5) is 0 Å². The number of hydrogen-bond acceptors (Lipinski definition) is 2. The Balaban J connectivity index is 2.10. The smallest absolute Gasteiger partial charge is 0.311 e. The molecule has 21 heavy (non-hydrogen) atoms. The zero-order valence-corrected chi connectivity index (χ0v) is 13.6. The van der Waals surface area contributed by atoms with Gasteiger partial charge < -0.3 is 10.4 Å². The van der Waals surface area contributed by atoms with Crippen molar-refractivity contribution in [3.63, 3.8) is 0 Å². The summed E-state index contributed by atoms with van der Waals surface area (Å²) in [4.78, 5) is 24.4. The molecule has 0 aliphatic heterocycles. The van der Waals surface area contributed by atoms with Crippen molar-refractivity contribution in [3.05, 3.63) is 0 Å². The molecule has 4 heteroatoms. The van der Waals surface area contributed by atoms with Crippen LogP contribution < -0.4 is 5.32 Å². The molecule has 0 aromatic carbocycles. The van der Waals surface area contributed by atoms with Gasteiger partial charge in [0.15, 0.2) is 0 Å². The van der Waals surface area contributed by atoms with E-state index in [2.05, 4.69) is 19.2 Å². The number of carbonyl (C=O) groups is 2. The number of aliphatic carboxylic acids is 1. The number of rotatable bonds is 5. The van der Waals surface area contributed by atoms with Gasteiger partial charge in [0.05, 0.1) is 5.41 Å². The minimum Gasteiger partial charge on any atom is -0.481 e. The SMILES string of the molecule is CC(C)CC1(C(=O)NC2CCCC2(C)C(=O)O)CCCC1. The van der Waals surface area contributed by atoms with Gasteiger partial charge in [0.1, 0.15) is 0 Å². The average Bonchev–Trinajstić information content (AvgIpc) is 2.98. The molecule has 4 nitrogen and oxygen atoms in total.